The Morgan fingerprint density at radius 3 is 2.54 bits per heavy atom. The first kappa shape index (κ1) is 16.6. The summed E-state index contributed by atoms with van der Waals surface area (Å²) in [6.45, 7) is -0.256. The smallest absolute Gasteiger partial charge is 0.417 e. The minimum absolute atomic E-state index is 0.0486. The number of carbonyl (C=O) groups is 1. The molecule has 2 N–H and O–H groups in total. The van der Waals surface area contributed by atoms with Crippen LogP contribution < -0.4 is 0 Å². The van der Waals surface area contributed by atoms with E-state index in [9.17, 15) is 28.2 Å². The number of alkyl halides is 3. The van der Waals surface area contributed by atoms with Gasteiger partial charge in [-0.1, -0.05) is 23.7 Å². The van der Waals surface area contributed by atoms with Crippen LogP contribution >= 0.6 is 11.6 Å². The second kappa shape index (κ2) is 5.68. The van der Waals surface area contributed by atoms with E-state index in [1.165, 1.54) is 24.3 Å². The normalized spacial score (nSPS) is 17.3. The van der Waals surface area contributed by atoms with Crippen molar-refractivity contribution in [3.8, 4) is 5.75 Å². The molecular weight excluding hydrogens is 347 g/mol. The SMILES string of the molecule is O=C1c2cccc(O)c2C(O)N1Cc1ccc(Cl)c(C(F)(F)F)c1. The van der Waals surface area contributed by atoms with Gasteiger partial charge in [-0.25, -0.2) is 0 Å². The number of aliphatic hydroxyl groups excluding tert-OH is 1. The number of rotatable bonds is 2. The van der Waals surface area contributed by atoms with E-state index < -0.39 is 28.9 Å². The van der Waals surface area contributed by atoms with Gasteiger partial charge in [0.05, 0.1) is 21.7 Å². The molecule has 2 aromatic carbocycles. The molecule has 3 rings (SSSR count). The standard InChI is InChI=1S/C16H11ClF3NO3/c17-11-5-4-8(6-10(11)16(18,19)20)7-21-14(23)9-2-1-3-12(22)13(9)15(21)24/h1-6,15,22,24H,7H2. The molecule has 0 aromatic heterocycles. The van der Waals surface area contributed by atoms with Crippen molar-refractivity contribution in [2.24, 2.45) is 0 Å². The van der Waals surface area contributed by atoms with Crippen LogP contribution in [-0.2, 0) is 12.7 Å². The van der Waals surface area contributed by atoms with Crippen molar-refractivity contribution in [1.82, 2.24) is 4.90 Å². The van der Waals surface area contributed by atoms with Crippen LogP contribution in [0.2, 0.25) is 5.02 Å². The molecule has 1 unspecified atom stereocenters. The number of hydrogen-bond donors (Lipinski definition) is 2. The van der Waals surface area contributed by atoms with Crippen LogP contribution in [-0.4, -0.2) is 21.0 Å². The summed E-state index contributed by atoms with van der Waals surface area (Å²) >= 11 is 5.57. The number of carbonyl (C=O) groups excluding carboxylic acids is 1. The van der Waals surface area contributed by atoms with E-state index >= 15 is 0 Å². The van der Waals surface area contributed by atoms with Gasteiger partial charge in [0.2, 0.25) is 0 Å². The average molecular weight is 358 g/mol. The number of hydrogen-bond acceptors (Lipinski definition) is 3. The number of halogens is 4. The first-order valence-corrected chi connectivity index (χ1v) is 7.24. The van der Waals surface area contributed by atoms with E-state index in [1.807, 2.05) is 0 Å². The monoisotopic (exact) mass is 357 g/mol. The highest BCUT2D eigenvalue weighted by molar-refractivity contribution is 6.31. The Bertz CT molecular complexity index is 823. The molecule has 2 aromatic rings. The molecule has 126 valence electrons. The van der Waals surface area contributed by atoms with Crippen LogP contribution in [0.15, 0.2) is 36.4 Å². The summed E-state index contributed by atoms with van der Waals surface area (Å²) in [5.74, 6) is -0.820. The molecule has 0 spiro atoms. The first-order chi connectivity index (χ1) is 11.2. The summed E-state index contributed by atoms with van der Waals surface area (Å²) in [5.41, 5.74) is -0.686. The Kier molecular flexibility index (Phi) is 3.93. The topological polar surface area (TPSA) is 60.8 Å². The van der Waals surface area contributed by atoms with Crippen LogP contribution in [0, 0.1) is 0 Å². The van der Waals surface area contributed by atoms with Crippen LogP contribution in [0.4, 0.5) is 13.2 Å². The molecule has 0 saturated carbocycles. The zero-order valence-corrected chi connectivity index (χ0v) is 12.8. The Morgan fingerprint density at radius 2 is 1.92 bits per heavy atom. The van der Waals surface area contributed by atoms with Gasteiger partial charge in [-0.15, -0.1) is 0 Å². The minimum atomic E-state index is -4.62. The van der Waals surface area contributed by atoms with Crippen molar-refractivity contribution in [1.29, 1.82) is 0 Å². The number of fused-ring (bicyclic) bond motifs is 1. The summed E-state index contributed by atoms with van der Waals surface area (Å²) in [7, 11) is 0. The fourth-order valence-electron chi connectivity index (χ4n) is 2.68. The lowest BCUT2D eigenvalue weighted by Gasteiger charge is -2.22. The van der Waals surface area contributed by atoms with Crippen LogP contribution in [0.1, 0.15) is 33.3 Å². The van der Waals surface area contributed by atoms with Crippen molar-refractivity contribution in [2.75, 3.05) is 0 Å². The van der Waals surface area contributed by atoms with Crippen molar-refractivity contribution in [3.63, 3.8) is 0 Å². The average Bonchev–Trinajstić information content (AvgIpc) is 2.74. The summed E-state index contributed by atoms with van der Waals surface area (Å²) in [6, 6.07) is 7.49. The van der Waals surface area contributed by atoms with E-state index in [-0.39, 0.29) is 29.0 Å². The van der Waals surface area contributed by atoms with E-state index in [4.69, 9.17) is 11.6 Å². The Hall–Kier alpha value is -2.25. The Morgan fingerprint density at radius 1 is 1.21 bits per heavy atom. The molecule has 1 heterocycles. The zero-order valence-electron chi connectivity index (χ0n) is 12.0. The third-order valence-electron chi connectivity index (χ3n) is 3.82. The maximum absolute atomic E-state index is 12.9. The largest absolute Gasteiger partial charge is 0.507 e. The highest BCUT2D eigenvalue weighted by Crippen LogP contribution is 2.39. The lowest BCUT2D eigenvalue weighted by molar-refractivity contribution is -0.137. The molecule has 4 nitrogen and oxygen atoms in total. The van der Waals surface area contributed by atoms with Gasteiger partial charge in [0.15, 0.2) is 6.23 Å². The van der Waals surface area contributed by atoms with Gasteiger partial charge in [-0.2, -0.15) is 13.2 Å². The number of phenolic OH excluding ortho intramolecular Hbond substituents is 1. The lowest BCUT2D eigenvalue weighted by atomic mass is 10.1. The fourth-order valence-corrected chi connectivity index (χ4v) is 2.90. The maximum Gasteiger partial charge on any atom is 0.417 e. The number of aromatic hydroxyl groups is 1. The molecule has 0 saturated heterocycles. The van der Waals surface area contributed by atoms with Crippen LogP contribution in [0.3, 0.4) is 0 Å². The maximum atomic E-state index is 12.9. The van der Waals surface area contributed by atoms with Crippen LogP contribution in [0.5, 0.6) is 5.75 Å². The number of aliphatic hydroxyl groups is 1. The van der Waals surface area contributed by atoms with Gasteiger partial charge in [0, 0.05) is 6.54 Å². The first-order valence-electron chi connectivity index (χ1n) is 6.86. The van der Waals surface area contributed by atoms with Crippen molar-refractivity contribution in [2.45, 2.75) is 18.9 Å². The lowest BCUT2D eigenvalue weighted by Crippen LogP contribution is -2.27. The van der Waals surface area contributed by atoms with Crippen molar-refractivity contribution < 1.29 is 28.2 Å². The number of nitrogens with zero attached hydrogens (tertiary/aromatic N) is 1. The Balaban J connectivity index is 1.94. The van der Waals surface area contributed by atoms with Crippen molar-refractivity contribution >= 4 is 17.5 Å². The molecule has 1 aliphatic rings. The quantitative estimate of drug-likeness (QED) is 0.861. The molecule has 0 aliphatic carbocycles. The second-order valence-electron chi connectivity index (χ2n) is 5.36. The third-order valence-corrected chi connectivity index (χ3v) is 4.15. The summed E-state index contributed by atoms with van der Waals surface area (Å²) in [6.07, 6.45) is -6.05. The van der Waals surface area contributed by atoms with Gasteiger partial charge in [0.1, 0.15) is 5.75 Å². The summed E-state index contributed by atoms with van der Waals surface area (Å²) in [5, 5.41) is 19.6. The molecule has 0 bridgehead atoms. The minimum Gasteiger partial charge on any atom is -0.507 e. The molecule has 1 atom stereocenters. The highest BCUT2D eigenvalue weighted by Gasteiger charge is 2.38. The molecule has 0 radical (unpaired) electrons. The zero-order chi connectivity index (χ0) is 17.6. The van der Waals surface area contributed by atoms with E-state index in [1.54, 1.807) is 0 Å². The third kappa shape index (κ3) is 2.70. The van der Waals surface area contributed by atoms with Gasteiger partial charge in [-0.05, 0) is 29.8 Å². The van der Waals surface area contributed by atoms with Crippen LogP contribution in [0.25, 0.3) is 0 Å². The van der Waals surface area contributed by atoms with E-state index in [2.05, 4.69) is 0 Å². The molecule has 8 heteroatoms. The second-order valence-corrected chi connectivity index (χ2v) is 5.76. The summed E-state index contributed by atoms with van der Waals surface area (Å²) < 4.78 is 38.7. The molecule has 1 amide bonds. The van der Waals surface area contributed by atoms with E-state index in [0.29, 0.717) is 0 Å². The van der Waals surface area contributed by atoms with Gasteiger partial charge < -0.3 is 15.1 Å². The predicted octanol–water partition coefficient (Wildman–Crippen LogP) is 3.71. The molecule has 1 aliphatic heterocycles. The van der Waals surface area contributed by atoms with E-state index in [0.717, 1.165) is 17.0 Å². The Labute approximate surface area is 139 Å². The van der Waals surface area contributed by atoms with Gasteiger partial charge in [-0.3, -0.25) is 4.79 Å². The fraction of sp³-hybridized carbons (Fsp3) is 0.188. The number of phenols is 1. The van der Waals surface area contributed by atoms with Crippen molar-refractivity contribution in [3.05, 3.63) is 63.7 Å². The van der Waals surface area contributed by atoms with Gasteiger partial charge in [0.25, 0.3) is 5.91 Å². The summed E-state index contributed by atoms with van der Waals surface area (Å²) in [4.78, 5) is 13.3. The number of amides is 1. The molecular formula is C16H11ClF3NO3. The number of benzene rings is 2. The predicted molar refractivity (Wildman–Crippen MR) is 79.4 cm³/mol. The highest BCUT2D eigenvalue weighted by atomic mass is 35.5. The molecule has 24 heavy (non-hydrogen) atoms. The van der Waals surface area contributed by atoms with Gasteiger partial charge >= 0.3 is 6.18 Å². The molecule has 0 fully saturated rings.